The summed E-state index contributed by atoms with van der Waals surface area (Å²) in [6.07, 6.45) is 5.50. The van der Waals surface area contributed by atoms with Crippen molar-refractivity contribution < 1.29 is 23.8 Å². The van der Waals surface area contributed by atoms with Gasteiger partial charge in [0.1, 0.15) is 11.6 Å². The van der Waals surface area contributed by atoms with Crippen molar-refractivity contribution in [1.82, 2.24) is 4.98 Å². The monoisotopic (exact) mass is 423 g/mol. The maximum Gasteiger partial charge on any atom is 0.306 e. The highest BCUT2D eigenvalue weighted by atomic mass is 19.1. The number of carbonyl (C=O) groups excluding carboxylic acids is 1. The number of rotatable bonds is 7. The number of aromatic nitrogens is 1. The Kier molecular flexibility index (Phi) is 7.23. The van der Waals surface area contributed by atoms with E-state index in [1.807, 2.05) is 26.0 Å². The third kappa shape index (κ3) is 5.81. The average Bonchev–Trinajstić information content (AvgIpc) is 2.71. The van der Waals surface area contributed by atoms with Crippen LogP contribution < -0.4 is 4.74 Å². The fraction of sp³-hybridized carbons (Fsp3) is 0.280. The molecule has 1 aromatic heterocycles. The number of halogens is 1. The minimum absolute atomic E-state index is 0.102. The van der Waals surface area contributed by atoms with E-state index in [9.17, 15) is 14.3 Å². The fourth-order valence-corrected chi connectivity index (χ4v) is 3.52. The van der Waals surface area contributed by atoms with Gasteiger partial charge < -0.3 is 14.6 Å². The van der Waals surface area contributed by atoms with E-state index in [1.165, 1.54) is 6.26 Å². The van der Waals surface area contributed by atoms with Crippen molar-refractivity contribution in [3.05, 3.63) is 76.8 Å². The second-order valence-corrected chi connectivity index (χ2v) is 7.37. The lowest BCUT2D eigenvalue weighted by Crippen LogP contribution is -2.05. The first-order chi connectivity index (χ1) is 14.9. The number of phenols is 1. The lowest BCUT2D eigenvalue weighted by atomic mass is 9.98. The number of carbonyl (C=O) groups is 1. The molecule has 6 heteroatoms. The Morgan fingerprint density at radius 2 is 1.97 bits per heavy atom. The van der Waals surface area contributed by atoms with Crippen LogP contribution in [0.3, 0.4) is 0 Å². The Morgan fingerprint density at radius 3 is 2.65 bits per heavy atom. The third-order valence-electron chi connectivity index (χ3n) is 4.94. The molecule has 0 saturated carbocycles. The Balaban J connectivity index is 1.68. The fourth-order valence-electron chi connectivity index (χ4n) is 3.52. The van der Waals surface area contributed by atoms with E-state index < -0.39 is 0 Å². The van der Waals surface area contributed by atoms with Crippen LogP contribution in [0.4, 0.5) is 4.39 Å². The molecule has 1 aliphatic carbocycles. The normalized spacial score (nSPS) is 14.8. The molecule has 0 aliphatic heterocycles. The molecule has 0 bridgehead atoms. The topological polar surface area (TPSA) is 68.7 Å². The number of esters is 1. The second kappa shape index (κ2) is 10.1. The van der Waals surface area contributed by atoms with E-state index in [0.717, 1.165) is 22.4 Å². The molecule has 0 spiro atoms. The molecule has 0 amide bonds. The first-order valence-corrected chi connectivity index (χ1v) is 10.2. The summed E-state index contributed by atoms with van der Waals surface area (Å²) >= 11 is 0. The molecule has 1 N–H and O–H groups in total. The third-order valence-corrected chi connectivity index (χ3v) is 4.94. The van der Waals surface area contributed by atoms with E-state index >= 15 is 0 Å². The molecule has 1 heterocycles. The first kappa shape index (κ1) is 22.3. The summed E-state index contributed by atoms with van der Waals surface area (Å²) in [5, 5.41) is 9.76. The minimum atomic E-state index is -0.328. The van der Waals surface area contributed by atoms with Gasteiger partial charge >= 0.3 is 5.97 Å². The van der Waals surface area contributed by atoms with Gasteiger partial charge in [-0.1, -0.05) is 18.2 Å². The van der Waals surface area contributed by atoms with Gasteiger partial charge in [-0.15, -0.1) is 0 Å². The SMILES string of the molecule is CCOC(=O)CCC1=C(F)CC(=COc2cccc(-c3c(C)cc(O)cc3C)n2)C=C1. The first-order valence-electron chi connectivity index (χ1n) is 10.2. The highest BCUT2D eigenvalue weighted by Crippen LogP contribution is 2.31. The van der Waals surface area contributed by atoms with Gasteiger partial charge in [0, 0.05) is 24.5 Å². The number of hydrogen-bond acceptors (Lipinski definition) is 5. The van der Waals surface area contributed by atoms with Gasteiger partial charge in [-0.2, -0.15) is 0 Å². The quantitative estimate of drug-likeness (QED) is 0.446. The Bertz CT molecular complexity index is 1050. The van der Waals surface area contributed by atoms with Crippen LogP contribution in [0.2, 0.25) is 0 Å². The molecule has 0 fully saturated rings. The Morgan fingerprint density at radius 1 is 1.23 bits per heavy atom. The van der Waals surface area contributed by atoms with Crippen molar-refractivity contribution in [2.75, 3.05) is 6.61 Å². The van der Waals surface area contributed by atoms with Crippen LogP contribution in [0.5, 0.6) is 11.6 Å². The molecule has 1 aromatic carbocycles. The predicted octanol–water partition coefficient (Wildman–Crippen LogP) is 5.86. The van der Waals surface area contributed by atoms with E-state index in [2.05, 4.69) is 4.98 Å². The van der Waals surface area contributed by atoms with Crippen molar-refractivity contribution in [3.63, 3.8) is 0 Å². The van der Waals surface area contributed by atoms with Gasteiger partial charge in [-0.3, -0.25) is 4.79 Å². The number of nitrogens with zero attached hydrogens (tertiary/aromatic N) is 1. The number of phenolic OH excluding ortho intramolecular Hbond substituents is 1. The molecular formula is C25H26FNO4. The van der Waals surface area contributed by atoms with Crippen molar-refractivity contribution >= 4 is 5.97 Å². The minimum Gasteiger partial charge on any atom is -0.508 e. The number of allylic oxidation sites excluding steroid dienone is 5. The number of hydrogen-bond donors (Lipinski definition) is 1. The molecule has 0 saturated heterocycles. The summed E-state index contributed by atoms with van der Waals surface area (Å²) in [7, 11) is 0. The maximum absolute atomic E-state index is 14.4. The van der Waals surface area contributed by atoms with Crippen LogP contribution in [0, 0.1) is 13.8 Å². The van der Waals surface area contributed by atoms with Crippen LogP contribution >= 0.6 is 0 Å². The van der Waals surface area contributed by atoms with Crippen LogP contribution in [-0.4, -0.2) is 22.7 Å². The standard InChI is InChI=1S/C25H26FNO4/c1-4-30-24(29)11-10-19-9-8-18(14-21(19)26)15-31-23-7-5-6-22(27-23)25-16(2)12-20(28)13-17(25)3/h5-9,12-13,15,28H,4,10-11,14H2,1-3H3. The zero-order valence-electron chi connectivity index (χ0n) is 17.9. The Hall–Kier alpha value is -3.41. The molecule has 162 valence electrons. The predicted molar refractivity (Wildman–Crippen MR) is 117 cm³/mol. The lowest BCUT2D eigenvalue weighted by Gasteiger charge is -2.13. The van der Waals surface area contributed by atoms with Gasteiger partial charge in [-0.05, 0) is 67.7 Å². The lowest BCUT2D eigenvalue weighted by molar-refractivity contribution is -0.143. The zero-order chi connectivity index (χ0) is 22.4. The van der Waals surface area contributed by atoms with Crippen molar-refractivity contribution in [3.8, 4) is 22.9 Å². The molecule has 31 heavy (non-hydrogen) atoms. The molecular weight excluding hydrogens is 397 g/mol. The molecule has 2 aromatic rings. The van der Waals surface area contributed by atoms with E-state index in [1.54, 1.807) is 37.3 Å². The van der Waals surface area contributed by atoms with Crippen molar-refractivity contribution in [2.45, 2.75) is 40.0 Å². The largest absolute Gasteiger partial charge is 0.508 e. The summed E-state index contributed by atoms with van der Waals surface area (Å²) in [6, 6.07) is 8.84. The van der Waals surface area contributed by atoms with E-state index in [0.29, 0.717) is 30.1 Å². The molecule has 0 radical (unpaired) electrons. The van der Waals surface area contributed by atoms with Crippen LogP contribution in [0.25, 0.3) is 11.3 Å². The van der Waals surface area contributed by atoms with Crippen molar-refractivity contribution in [1.29, 1.82) is 0 Å². The Labute approximate surface area is 181 Å². The summed E-state index contributed by atoms with van der Waals surface area (Å²) in [5.74, 6) is 0.00378. The van der Waals surface area contributed by atoms with E-state index in [4.69, 9.17) is 9.47 Å². The van der Waals surface area contributed by atoms with Crippen LogP contribution in [0.15, 0.2) is 65.7 Å². The van der Waals surface area contributed by atoms with Crippen LogP contribution in [0.1, 0.15) is 37.3 Å². The zero-order valence-corrected chi connectivity index (χ0v) is 17.9. The summed E-state index contributed by atoms with van der Waals surface area (Å²) in [4.78, 5) is 16.0. The number of aryl methyl sites for hydroxylation is 2. The van der Waals surface area contributed by atoms with Gasteiger partial charge in [0.05, 0.1) is 18.6 Å². The highest BCUT2D eigenvalue weighted by Gasteiger charge is 2.14. The van der Waals surface area contributed by atoms with Crippen LogP contribution in [-0.2, 0) is 9.53 Å². The van der Waals surface area contributed by atoms with E-state index in [-0.39, 0.29) is 30.4 Å². The second-order valence-electron chi connectivity index (χ2n) is 7.37. The maximum atomic E-state index is 14.4. The van der Waals surface area contributed by atoms with Gasteiger partial charge in [0.25, 0.3) is 0 Å². The molecule has 3 rings (SSSR count). The number of pyridine rings is 1. The molecule has 0 unspecified atom stereocenters. The number of benzene rings is 1. The van der Waals surface area contributed by atoms with Gasteiger partial charge in [0.2, 0.25) is 5.88 Å². The van der Waals surface area contributed by atoms with Gasteiger partial charge in [-0.25, -0.2) is 9.37 Å². The van der Waals surface area contributed by atoms with Crippen molar-refractivity contribution in [2.24, 2.45) is 0 Å². The average molecular weight is 423 g/mol. The summed E-state index contributed by atoms with van der Waals surface area (Å²) < 4.78 is 25.0. The molecule has 1 aliphatic rings. The molecule has 5 nitrogen and oxygen atoms in total. The number of aromatic hydroxyl groups is 1. The highest BCUT2D eigenvalue weighted by molar-refractivity contribution is 5.70. The summed E-state index contributed by atoms with van der Waals surface area (Å²) in [6.45, 7) is 5.90. The van der Waals surface area contributed by atoms with Gasteiger partial charge in [0.15, 0.2) is 0 Å². The molecule has 0 atom stereocenters. The number of ether oxygens (including phenoxy) is 2. The summed E-state index contributed by atoms with van der Waals surface area (Å²) in [5.41, 5.74) is 4.67. The smallest absolute Gasteiger partial charge is 0.306 e.